The molecule has 1 aromatic rings. The second-order valence-corrected chi connectivity index (χ2v) is 7.85. The van der Waals surface area contributed by atoms with Crippen LogP contribution in [0.5, 0.6) is 0 Å². The highest BCUT2D eigenvalue weighted by Gasteiger charge is 2.34. The first-order valence-corrected chi connectivity index (χ1v) is 7.52. The van der Waals surface area contributed by atoms with Crippen LogP contribution >= 0.6 is 0 Å². The van der Waals surface area contributed by atoms with Crippen LogP contribution in [0.1, 0.15) is 70.5 Å². The zero-order valence-electron chi connectivity index (χ0n) is 13.4. The van der Waals surface area contributed by atoms with Crippen LogP contribution in [-0.4, -0.2) is 9.67 Å². The Labute approximate surface area is 117 Å². The molecule has 0 saturated carbocycles. The first-order chi connectivity index (χ1) is 8.65. The third-order valence-corrected chi connectivity index (χ3v) is 4.74. The summed E-state index contributed by atoms with van der Waals surface area (Å²) in [7, 11) is 0. The summed E-state index contributed by atoms with van der Waals surface area (Å²) in [4.78, 5) is 0. The molecule has 19 heavy (non-hydrogen) atoms. The molecule has 1 aliphatic rings. The summed E-state index contributed by atoms with van der Waals surface area (Å²) in [6.07, 6.45) is 2.84. The Hall–Kier alpha value is -0.760. The Balaban J connectivity index is 2.42. The minimum Gasteiger partial charge on any atom is -0.388 e. The predicted molar refractivity (Wildman–Crippen MR) is 80.3 cm³/mol. The van der Waals surface area contributed by atoms with E-state index in [9.17, 15) is 5.11 Å². The first-order valence-electron chi connectivity index (χ1n) is 7.52. The molecule has 0 aliphatic heterocycles. The molecule has 1 aliphatic carbocycles. The lowest BCUT2D eigenvalue weighted by atomic mass is 9.75. The summed E-state index contributed by atoms with van der Waals surface area (Å²) < 4.78 is 2.45. The molecule has 0 amide bonds. The van der Waals surface area contributed by atoms with Crippen molar-refractivity contribution in [2.45, 2.75) is 73.5 Å². The summed E-state index contributed by atoms with van der Waals surface area (Å²) in [5.74, 6) is 0. The van der Waals surface area contributed by atoms with Gasteiger partial charge in [-0.15, -0.1) is 0 Å². The Morgan fingerprint density at radius 1 is 1.42 bits per heavy atom. The lowest BCUT2D eigenvalue weighted by Crippen LogP contribution is -2.29. The van der Waals surface area contributed by atoms with Crippen molar-refractivity contribution in [3.05, 3.63) is 23.0 Å². The summed E-state index contributed by atoms with van der Waals surface area (Å²) in [6.45, 7) is 14.6. The van der Waals surface area contributed by atoms with Crippen LogP contribution < -0.4 is 0 Å². The van der Waals surface area contributed by atoms with Gasteiger partial charge in [-0.2, -0.15) is 0 Å². The number of rotatable bonds is 3. The van der Waals surface area contributed by atoms with E-state index in [-0.39, 0.29) is 11.5 Å². The number of aliphatic hydroxyl groups excluding tert-OH is 1. The minimum atomic E-state index is -0.288. The van der Waals surface area contributed by atoms with Gasteiger partial charge in [-0.1, -0.05) is 34.6 Å². The number of hydrogen-bond donors (Lipinski definition) is 1. The number of aryl methyl sites for hydroxylation is 1. The molecule has 108 valence electrons. The highest BCUT2D eigenvalue weighted by Crippen LogP contribution is 2.42. The number of nitrogens with zero attached hydrogens (tertiary/aromatic N) is 1. The molecule has 1 unspecified atom stereocenters. The van der Waals surface area contributed by atoms with Crippen LogP contribution in [0.4, 0.5) is 0 Å². The van der Waals surface area contributed by atoms with E-state index in [2.05, 4.69) is 52.2 Å². The Morgan fingerprint density at radius 2 is 2.05 bits per heavy atom. The molecule has 1 aromatic heterocycles. The van der Waals surface area contributed by atoms with Crippen molar-refractivity contribution >= 4 is 0 Å². The Kier molecular flexibility index (Phi) is 3.59. The molecular formula is C17H29NO. The van der Waals surface area contributed by atoms with E-state index in [1.807, 2.05) is 0 Å². The fraction of sp³-hybridized carbons (Fsp3) is 0.765. The molecule has 0 saturated heterocycles. The Bertz CT molecular complexity index is 468. The van der Waals surface area contributed by atoms with Gasteiger partial charge in [0.05, 0.1) is 6.10 Å². The first kappa shape index (κ1) is 14.6. The summed E-state index contributed by atoms with van der Waals surface area (Å²) in [5, 5.41) is 10.4. The standard InChI is InChI=1S/C17H29NO/c1-7-16(3,4)11-18-12(2)8-13-14(18)9-17(5,6)10-15(13)19/h8,15,19H,7,9-11H2,1-6H3. The third-order valence-electron chi connectivity index (χ3n) is 4.74. The van der Waals surface area contributed by atoms with Crippen LogP contribution in [0, 0.1) is 17.8 Å². The molecule has 0 fully saturated rings. The quantitative estimate of drug-likeness (QED) is 0.867. The second kappa shape index (κ2) is 4.66. The summed E-state index contributed by atoms with van der Waals surface area (Å²) >= 11 is 0. The van der Waals surface area contributed by atoms with Crippen LogP contribution in [0.2, 0.25) is 0 Å². The van der Waals surface area contributed by atoms with Crippen molar-refractivity contribution in [2.75, 3.05) is 0 Å². The normalized spacial score (nSPS) is 22.4. The second-order valence-electron chi connectivity index (χ2n) is 7.85. The molecule has 2 nitrogen and oxygen atoms in total. The smallest absolute Gasteiger partial charge is 0.0812 e. The maximum atomic E-state index is 10.4. The lowest BCUT2D eigenvalue weighted by Gasteiger charge is -2.35. The van der Waals surface area contributed by atoms with E-state index in [0.717, 1.165) is 19.4 Å². The van der Waals surface area contributed by atoms with E-state index in [1.54, 1.807) is 0 Å². The van der Waals surface area contributed by atoms with Crippen molar-refractivity contribution in [3.63, 3.8) is 0 Å². The van der Waals surface area contributed by atoms with E-state index >= 15 is 0 Å². The van der Waals surface area contributed by atoms with Crippen molar-refractivity contribution in [3.8, 4) is 0 Å². The summed E-state index contributed by atoms with van der Waals surface area (Å²) in [5.41, 5.74) is 4.34. The number of aliphatic hydroxyl groups is 1. The Morgan fingerprint density at radius 3 is 2.63 bits per heavy atom. The molecule has 0 radical (unpaired) electrons. The van der Waals surface area contributed by atoms with Gasteiger partial charge in [0.25, 0.3) is 0 Å². The van der Waals surface area contributed by atoms with Crippen molar-refractivity contribution in [1.29, 1.82) is 0 Å². The monoisotopic (exact) mass is 263 g/mol. The zero-order valence-corrected chi connectivity index (χ0v) is 13.4. The van der Waals surface area contributed by atoms with E-state index in [0.29, 0.717) is 5.41 Å². The molecule has 2 rings (SSSR count). The highest BCUT2D eigenvalue weighted by atomic mass is 16.3. The van der Waals surface area contributed by atoms with Crippen LogP contribution in [0.3, 0.4) is 0 Å². The molecular weight excluding hydrogens is 234 g/mol. The number of hydrogen-bond acceptors (Lipinski definition) is 1. The lowest BCUT2D eigenvalue weighted by molar-refractivity contribution is 0.0970. The van der Waals surface area contributed by atoms with Gasteiger partial charge in [-0.05, 0) is 43.1 Å². The fourth-order valence-corrected chi connectivity index (χ4v) is 3.16. The van der Waals surface area contributed by atoms with Gasteiger partial charge < -0.3 is 9.67 Å². The van der Waals surface area contributed by atoms with Crippen LogP contribution in [0.25, 0.3) is 0 Å². The maximum absolute atomic E-state index is 10.4. The van der Waals surface area contributed by atoms with E-state index < -0.39 is 0 Å². The van der Waals surface area contributed by atoms with Crippen molar-refractivity contribution in [2.24, 2.45) is 10.8 Å². The molecule has 1 atom stereocenters. The topological polar surface area (TPSA) is 25.2 Å². The molecule has 0 spiro atoms. The number of aromatic nitrogens is 1. The summed E-state index contributed by atoms with van der Waals surface area (Å²) in [6, 6.07) is 2.20. The minimum absolute atomic E-state index is 0.200. The van der Waals surface area contributed by atoms with Gasteiger partial charge >= 0.3 is 0 Å². The van der Waals surface area contributed by atoms with Gasteiger partial charge in [-0.25, -0.2) is 0 Å². The van der Waals surface area contributed by atoms with Gasteiger partial charge in [-0.3, -0.25) is 0 Å². The zero-order chi connectivity index (χ0) is 14.4. The molecule has 0 bridgehead atoms. The molecule has 1 N–H and O–H groups in total. The van der Waals surface area contributed by atoms with Crippen LogP contribution in [-0.2, 0) is 13.0 Å². The van der Waals surface area contributed by atoms with Crippen molar-refractivity contribution in [1.82, 2.24) is 4.57 Å². The highest BCUT2D eigenvalue weighted by molar-refractivity contribution is 5.33. The SMILES string of the molecule is CCC(C)(C)Cn1c(C)cc2c1CC(C)(C)CC2O. The maximum Gasteiger partial charge on any atom is 0.0812 e. The van der Waals surface area contributed by atoms with Crippen LogP contribution in [0.15, 0.2) is 6.07 Å². The average Bonchev–Trinajstić information content (AvgIpc) is 2.56. The average molecular weight is 263 g/mol. The van der Waals surface area contributed by atoms with E-state index in [1.165, 1.54) is 23.4 Å². The fourth-order valence-electron chi connectivity index (χ4n) is 3.16. The third kappa shape index (κ3) is 2.89. The van der Waals surface area contributed by atoms with Gasteiger partial charge in [0, 0.05) is 23.5 Å². The van der Waals surface area contributed by atoms with Gasteiger partial charge in [0.15, 0.2) is 0 Å². The molecule has 1 heterocycles. The van der Waals surface area contributed by atoms with Gasteiger partial charge in [0.2, 0.25) is 0 Å². The predicted octanol–water partition coefficient (Wildman–Crippen LogP) is 4.24. The molecule has 0 aromatic carbocycles. The van der Waals surface area contributed by atoms with Crippen molar-refractivity contribution < 1.29 is 5.11 Å². The molecule has 2 heteroatoms. The largest absolute Gasteiger partial charge is 0.388 e. The van der Waals surface area contributed by atoms with Gasteiger partial charge in [0.1, 0.15) is 0 Å². The number of fused-ring (bicyclic) bond motifs is 1. The van der Waals surface area contributed by atoms with E-state index in [4.69, 9.17) is 0 Å².